The largest absolute Gasteiger partial charge is 0.352 e. The van der Waals surface area contributed by atoms with Crippen LogP contribution in [0.1, 0.15) is 27.3 Å². The minimum Gasteiger partial charge on any atom is -0.352 e. The first-order valence-electron chi connectivity index (χ1n) is 7.07. The fourth-order valence-electron chi connectivity index (χ4n) is 1.76. The average molecular weight is 354 g/mol. The van der Waals surface area contributed by atoms with Crippen molar-refractivity contribution in [3.05, 3.63) is 39.8 Å². The van der Waals surface area contributed by atoms with Crippen LogP contribution in [-0.4, -0.2) is 36.8 Å². The summed E-state index contributed by atoms with van der Waals surface area (Å²) in [5.41, 5.74) is 0.908. The van der Waals surface area contributed by atoms with Crippen molar-refractivity contribution in [2.24, 2.45) is 0 Å². The molecule has 9 heteroatoms. The first-order chi connectivity index (χ1) is 10.9. The molecule has 7 nitrogen and oxygen atoms in total. The Bertz CT molecular complexity index is 770. The lowest BCUT2D eigenvalue weighted by Gasteiger charge is -2.07. The van der Waals surface area contributed by atoms with Gasteiger partial charge >= 0.3 is 0 Å². The molecule has 0 radical (unpaired) electrons. The highest BCUT2D eigenvalue weighted by molar-refractivity contribution is 7.92. The third-order valence-electron chi connectivity index (χ3n) is 2.99. The van der Waals surface area contributed by atoms with E-state index in [1.165, 1.54) is 11.3 Å². The van der Waals surface area contributed by atoms with E-state index in [4.69, 9.17) is 0 Å². The number of rotatable bonds is 7. The van der Waals surface area contributed by atoms with Crippen LogP contribution in [0, 0.1) is 6.92 Å². The number of carbonyl (C=O) groups is 1. The van der Waals surface area contributed by atoms with Gasteiger partial charge in [0.15, 0.2) is 0 Å². The number of amides is 1. The van der Waals surface area contributed by atoms with E-state index in [0.717, 1.165) is 10.0 Å². The Morgan fingerprint density at radius 2 is 1.91 bits per heavy atom. The molecule has 2 N–H and O–H groups in total. The molecule has 0 aliphatic rings. The van der Waals surface area contributed by atoms with Crippen LogP contribution in [0.3, 0.4) is 0 Å². The maximum atomic E-state index is 12.0. The molecule has 23 heavy (non-hydrogen) atoms. The molecule has 0 saturated heterocycles. The monoisotopic (exact) mass is 354 g/mol. The van der Waals surface area contributed by atoms with Crippen molar-refractivity contribution in [2.45, 2.75) is 20.3 Å². The van der Waals surface area contributed by atoms with Gasteiger partial charge in [-0.15, -0.1) is 21.5 Å². The second kappa shape index (κ2) is 7.51. The number of nitrogens with one attached hydrogen (secondary N) is 2. The van der Waals surface area contributed by atoms with Gasteiger partial charge in [-0.05, 0) is 38.1 Å². The summed E-state index contributed by atoms with van der Waals surface area (Å²) in [6.07, 6.45) is 0.631. The molecule has 0 bridgehead atoms. The smallest absolute Gasteiger partial charge is 0.251 e. The SMILES string of the molecule is CCS(=O)(=O)Nc1ccc(C(=O)NCCc2nnc(C)s2)cc1. The Morgan fingerprint density at radius 1 is 1.22 bits per heavy atom. The lowest BCUT2D eigenvalue weighted by atomic mass is 10.2. The van der Waals surface area contributed by atoms with Crippen LogP contribution >= 0.6 is 11.3 Å². The fraction of sp³-hybridized carbons (Fsp3) is 0.357. The second-order valence-electron chi connectivity index (χ2n) is 4.80. The number of hydrogen-bond donors (Lipinski definition) is 2. The summed E-state index contributed by atoms with van der Waals surface area (Å²) in [6.45, 7) is 3.91. The Morgan fingerprint density at radius 3 is 2.48 bits per heavy atom. The summed E-state index contributed by atoms with van der Waals surface area (Å²) in [5.74, 6) is -0.212. The normalized spacial score (nSPS) is 11.2. The molecule has 0 saturated carbocycles. The molecular formula is C14H18N4O3S2. The van der Waals surface area contributed by atoms with E-state index < -0.39 is 10.0 Å². The molecule has 2 aromatic rings. The molecule has 1 aromatic heterocycles. The predicted octanol–water partition coefficient (Wildman–Crippen LogP) is 1.58. The lowest BCUT2D eigenvalue weighted by Crippen LogP contribution is -2.25. The van der Waals surface area contributed by atoms with Crippen molar-refractivity contribution in [1.29, 1.82) is 0 Å². The van der Waals surface area contributed by atoms with Gasteiger partial charge in [-0.3, -0.25) is 9.52 Å². The molecule has 0 aliphatic carbocycles. The summed E-state index contributed by atoms with van der Waals surface area (Å²) in [4.78, 5) is 12.0. The highest BCUT2D eigenvalue weighted by atomic mass is 32.2. The Balaban J connectivity index is 1.87. The molecule has 0 unspecified atom stereocenters. The van der Waals surface area contributed by atoms with Crippen LogP contribution in [-0.2, 0) is 16.4 Å². The van der Waals surface area contributed by atoms with Crippen molar-refractivity contribution in [1.82, 2.24) is 15.5 Å². The van der Waals surface area contributed by atoms with Gasteiger partial charge in [-0.25, -0.2) is 8.42 Å². The summed E-state index contributed by atoms with van der Waals surface area (Å²) >= 11 is 1.51. The number of nitrogens with zero attached hydrogens (tertiary/aromatic N) is 2. The standard InChI is InChI=1S/C14H18N4O3S2/c1-3-23(20,21)18-12-6-4-11(5-7-12)14(19)15-9-8-13-17-16-10(2)22-13/h4-7,18H,3,8-9H2,1-2H3,(H,15,19). The number of benzene rings is 1. The summed E-state index contributed by atoms with van der Waals surface area (Å²) in [7, 11) is -3.31. The Labute approximate surface area is 139 Å². The summed E-state index contributed by atoms with van der Waals surface area (Å²) < 4.78 is 25.4. The van der Waals surface area contributed by atoms with Crippen LogP contribution in [0.2, 0.25) is 0 Å². The van der Waals surface area contributed by atoms with Crippen LogP contribution < -0.4 is 10.0 Å². The molecule has 0 atom stereocenters. The number of aryl methyl sites for hydroxylation is 1. The molecule has 0 fully saturated rings. The number of sulfonamides is 1. The highest BCUT2D eigenvalue weighted by Gasteiger charge is 2.09. The minimum atomic E-state index is -3.31. The summed E-state index contributed by atoms with van der Waals surface area (Å²) in [6, 6.07) is 6.29. The van der Waals surface area contributed by atoms with Gasteiger partial charge in [-0.2, -0.15) is 0 Å². The van der Waals surface area contributed by atoms with E-state index in [1.807, 2.05) is 6.92 Å². The van der Waals surface area contributed by atoms with Crippen LogP contribution in [0.4, 0.5) is 5.69 Å². The zero-order valence-electron chi connectivity index (χ0n) is 12.9. The second-order valence-corrected chi connectivity index (χ2v) is 8.08. The van der Waals surface area contributed by atoms with Gasteiger partial charge in [0.2, 0.25) is 10.0 Å². The van der Waals surface area contributed by atoms with Crippen molar-refractivity contribution < 1.29 is 13.2 Å². The van der Waals surface area contributed by atoms with E-state index in [-0.39, 0.29) is 11.7 Å². The molecule has 1 heterocycles. The van der Waals surface area contributed by atoms with Gasteiger partial charge in [0.05, 0.1) is 5.75 Å². The number of anilines is 1. The number of aromatic nitrogens is 2. The van der Waals surface area contributed by atoms with E-state index in [9.17, 15) is 13.2 Å². The number of hydrogen-bond acceptors (Lipinski definition) is 6. The quantitative estimate of drug-likeness (QED) is 0.786. The maximum absolute atomic E-state index is 12.0. The zero-order valence-corrected chi connectivity index (χ0v) is 14.5. The molecule has 2 rings (SSSR count). The molecule has 0 aliphatic heterocycles. The molecule has 1 amide bonds. The molecular weight excluding hydrogens is 336 g/mol. The Kier molecular flexibility index (Phi) is 5.67. The first kappa shape index (κ1) is 17.4. The van der Waals surface area contributed by atoms with Crippen molar-refractivity contribution in [3.8, 4) is 0 Å². The van der Waals surface area contributed by atoms with E-state index in [1.54, 1.807) is 31.2 Å². The highest BCUT2D eigenvalue weighted by Crippen LogP contribution is 2.12. The maximum Gasteiger partial charge on any atom is 0.251 e. The Hall–Kier alpha value is -2.00. The van der Waals surface area contributed by atoms with Crippen molar-refractivity contribution >= 4 is 33.0 Å². The van der Waals surface area contributed by atoms with Crippen LogP contribution in [0.25, 0.3) is 0 Å². The predicted molar refractivity (Wildman–Crippen MR) is 90.2 cm³/mol. The zero-order chi connectivity index (χ0) is 16.9. The van der Waals surface area contributed by atoms with Gasteiger partial charge in [-0.1, -0.05) is 0 Å². The molecule has 124 valence electrons. The van der Waals surface area contributed by atoms with E-state index in [2.05, 4.69) is 20.2 Å². The lowest BCUT2D eigenvalue weighted by molar-refractivity contribution is 0.0954. The van der Waals surface area contributed by atoms with E-state index in [0.29, 0.717) is 24.2 Å². The van der Waals surface area contributed by atoms with Crippen LogP contribution in [0.5, 0.6) is 0 Å². The first-order valence-corrected chi connectivity index (χ1v) is 9.54. The van der Waals surface area contributed by atoms with Gasteiger partial charge in [0.1, 0.15) is 10.0 Å². The van der Waals surface area contributed by atoms with E-state index >= 15 is 0 Å². The topological polar surface area (TPSA) is 101 Å². The molecule has 0 spiro atoms. The summed E-state index contributed by atoms with van der Waals surface area (Å²) in [5, 5.41) is 12.5. The van der Waals surface area contributed by atoms with Gasteiger partial charge < -0.3 is 5.32 Å². The minimum absolute atomic E-state index is 0.000322. The van der Waals surface area contributed by atoms with Gasteiger partial charge in [0.25, 0.3) is 5.91 Å². The van der Waals surface area contributed by atoms with Gasteiger partial charge in [0, 0.05) is 24.2 Å². The van der Waals surface area contributed by atoms with Crippen molar-refractivity contribution in [2.75, 3.05) is 17.0 Å². The average Bonchev–Trinajstić information content (AvgIpc) is 2.93. The van der Waals surface area contributed by atoms with Crippen molar-refractivity contribution in [3.63, 3.8) is 0 Å². The number of carbonyl (C=O) groups excluding carboxylic acids is 1. The molecule has 1 aromatic carbocycles. The third kappa shape index (κ3) is 5.29. The third-order valence-corrected chi connectivity index (χ3v) is 5.20. The van der Waals surface area contributed by atoms with Crippen LogP contribution in [0.15, 0.2) is 24.3 Å². The fourth-order valence-corrected chi connectivity index (χ4v) is 3.11.